The van der Waals surface area contributed by atoms with Crippen LogP contribution in [0.25, 0.3) is 0 Å². The lowest BCUT2D eigenvalue weighted by atomic mass is 10.2. The quantitative estimate of drug-likeness (QED) is 0.754. The van der Waals surface area contributed by atoms with Gasteiger partial charge < -0.3 is 9.64 Å². The molecular weight excluding hydrogens is 256 g/mol. The van der Waals surface area contributed by atoms with Crippen LogP contribution in [0.4, 0.5) is 5.82 Å². The smallest absolute Gasteiger partial charge is 0.358 e. The van der Waals surface area contributed by atoms with E-state index in [-0.39, 0.29) is 5.69 Å². The summed E-state index contributed by atoms with van der Waals surface area (Å²) in [5, 5.41) is 0. The summed E-state index contributed by atoms with van der Waals surface area (Å²) in [5.41, 5.74) is 0.246. The molecule has 1 saturated heterocycles. The van der Waals surface area contributed by atoms with E-state index in [2.05, 4.69) is 31.4 Å². The van der Waals surface area contributed by atoms with E-state index in [0.717, 1.165) is 13.1 Å². The zero-order valence-electron chi connectivity index (χ0n) is 12.4. The molecule has 1 aliphatic rings. The molecule has 2 rings (SSSR count). The number of anilines is 1. The number of methoxy groups -OCH3 is 1. The Morgan fingerprint density at radius 3 is 3.05 bits per heavy atom. The number of rotatable bonds is 5. The van der Waals surface area contributed by atoms with Crippen LogP contribution >= 0.6 is 0 Å². The first kappa shape index (κ1) is 14.7. The third kappa shape index (κ3) is 3.25. The van der Waals surface area contributed by atoms with Crippen LogP contribution in [0.5, 0.6) is 0 Å². The minimum absolute atomic E-state index is 0.246. The monoisotopic (exact) mass is 278 g/mol. The highest BCUT2D eigenvalue weighted by atomic mass is 16.5. The Morgan fingerprint density at radius 1 is 1.55 bits per heavy atom. The van der Waals surface area contributed by atoms with Crippen LogP contribution in [0, 0.1) is 0 Å². The van der Waals surface area contributed by atoms with E-state index in [4.69, 9.17) is 0 Å². The molecule has 0 aromatic carbocycles. The molecule has 1 aromatic rings. The van der Waals surface area contributed by atoms with Crippen LogP contribution in [-0.2, 0) is 4.74 Å². The number of nitrogens with zero attached hydrogens (tertiary/aromatic N) is 4. The Morgan fingerprint density at radius 2 is 2.35 bits per heavy atom. The van der Waals surface area contributed by atoms with Gasteiger partial charge in [-0.05, 0) is 25.9 Å². The van der Waals surface area contributed by atoms with Crippen molar-refractivity contribution in [1.29, 1.82) is 0 Å². The molecule has 0 aliphatic carbocycles. The summed E-state index contributed by atoms with van der Waals surface area (Å²) in [6.45, 7) is 5.33. The molecule has 0 amide bonds. The molecular formula is C14H22N4O2. The number of aromatic nitrogens is 2. The lowest BCUT2D eigenvalue weighted by Crippen LogP contribution is -2.39. The Balaban J connectivity index is 2.05. The second kappa shape index (κ2) is 6.65. The Kier molecular flexibility index (Phi) is 4.89. The van der Waals surface area contributed by atoms with E-state index < -0.39 is 5.97 Å². The first-order chi connectivity index (χ1) is 9.65. The van der Waals surface area contributed by atoms with Crippen molar-refractivity contribution >= 4 is 11.8 Å². The zero-order valence-corrected chi connectivity index (χ0v) is 12.4. The molecule has 1 aliphatic heterocycles. The first-order valence-corrected chi connectivity index (χ1v) is 7.01. The summed E-state index contributed by atoms with van der Waals surface area (Å²) in [6, 6.07) is 0.550. The van der Waals surface area contributed by atoms with Gasteiger partial charge in [-0.1, -0.05) is 6.92 Å². The molecule has 0 saturated carbocycles. The first-order valence-electron chi connectivity index (χ1n) is 7.01. The summed E-state index contributed by atoms with van der Waals surface area (Å²) in [6.07, 6.45) is 5.57. The van der Waals surface area contributed by atoms with Crippen molar-refractivity contribution in [3.8, 4) is 0 Å². The van der Waals surface area contributed by atoms with Gasteiger partial charge >= 0.3 is 5.97 Å². The molecule has 1 fully saturated rings. The van der Waals surface area contributed by atoms with Crippen LogP contribution in [0.2, 0.25) is 0 Å². The van der Waals surface area contributed by atoms with Gasteiger partial charge in [-0.15, -0.1) is 0 Å². The number of esters is 1. The molecule has 20 heavy (non-hydrogen) atoms. The second-order valence-electron chi connectivity index (χ2n) is 5.06. The van der Waals surface area contributed by atoms with Gasteiger partial charge in [0.05, 0.1) is 19.5 Å². The minimum Gasteiger partial charge on any atom is -0.464 e. The van der Waals surface area contributed by atoms with Crippen LogP contribution in [0.15, 0.2) is 12.4 Å². The number of likely N-dealkylation sites (N-methyl/N-ethyl adjacent to an activating group) is 2. The van der Waals surface area contributed by atoms with Crippen LogP contribution in [0.3, 0.4) is 0 Å². The topological polar surface area (TPSA) is 58.6 Å². The summed E-state index contributed by atoms with van der Waals surface area (Å²) >= 11 is 0. The van der Waals surface area contributed by atoms with E-state index in [9.17, 15) is 4.79 Å². The average molecular weight is 278 g/mol. The molecule has 1 atom stereocenters. The Labute approximate surface area is 119 Å². The maximum atomic E-state index is 11.5. The molecule has 0 bridgehead atoms. The van der Waals surface area contributed by atoms with Crippen molar-refractivity contribution in [3.05, 3.63) is 18.1 Å². The van der Waals surface area contributed by atoms with Crippen molar-refractivity contribution in [2.75, 3.05) is 38.7 Å². The third-order valence-electron chi connectivity index (χ3n) is 3.80. The fraction of sp³-hybridized carbons (Fsp3) is 0.643. The maximum Gasteiger partial charge on any atom is 0.358 e. The lowest BCUT2D eigenvalue weighted by Gasteiger charge is -2.28. The molecule has 2 heterocycles. The van der Waals surface area contributed by atoms with Gasteiger partial charge in [-0.25, -0.2) is 9.78 Å². The van der Waals surface area contributed by atoms with E-state index in [0.29, 0.717) is 11.9 Å². The van der Waals surface area contributed by atoms with Crippen molar-refractivity contribution in [3.63, 3.8) is 0 Å². The largest absolute Gasteiger partial charge is 0.464 e. The van der Waals surface area contributed by atoms with Gasteiger partial charge in [-0.3, -0.25) is 9.88 Å². The summed E-state index contributed by atoms with van der Waals surface area (Å²) in [4.78, 5) is 24.4. The summed E-state index contributed by atoms with van der Waals surface area (Å²) < 4.78 is 4.67. The van der Waals surface area contributed by atoms with Gasteiger partial charge in [0.2, 0.25) is 0 Å². The Bertz CT molecular complexity index is 466. The van der Waals surface area contributed by atoms with E-state index in [1.54, 1.807) is 6.20 Å². The summed E-state index contributed by atoms with van der Waals surface area (Å²) in [7, 11) is 3.33. The maximum absolute atomic E-state index is 11.5. The standard InChI is InChI=1S/C14H22N4O2/c1-4-18-7-5-6-11(18)10-17(2)13-9-15-8-12(16-13)14(19)20-3/h8-9,11H,4-7,10H2,1-3H3. The molecule has 0 spiro atoms. The summed E-state index contributed by atoms with van der Waals surface area (Å²) in [5.74, 6) is 0.250. The number of ether oxygens (including phenoxy) is 1. The predicted octanol–water partition coefficient (Wildman–Crippen LogP) is 1.18. The SMILES string of the molecule is CCN1CCCC1CN(C)c1cncc(C(=O)OC)n1. The van der Waals surface area contributed by atoms with Gasteiger partial charge in [0.15, 0.2) is 5.69 Å². The third-order valence-corrected chi connectivity index (χ3v) is 3.80. The molecule has 1 unspecified atom stereocenters. The highest BCUT2D eigenvalue weighted by Gasteiger charge is 2.24. The molecule has 110 valence electrons. The number of carbonyl (C=O) groups is 1. The fourth-order valence-corrected chi connectivity index (χ4v) is 2.67. The van der Waals surface area contributed by atoms with Gasteiger partial charge in [0.1, 0.15) is 5.82 Å². The van der Waals surface area contributed by atoms with Gasteiger partial charge in [0.25, 0.3) is 0 Å². The van der Waals surface area contributed by atoms with Crippen molar-refractivity contribution < 1.29 is 9.53 Å². The van der Waals surface area contributed by atoms with Crippen molar-refractivity contribution in [1.82, 2.24) is 14.9 Å². The number of hydrogen-bond acceptors (Lipinski definition) is 6. The number of hydrogen-bond donors (Lipinski definition) is 0. The molecule has 1 aromatic heterocycles. The van der Waals surface area contributed by atoms with Crippen LogP contribution in [-0.4, -0.2) is 60.7 Å². The number of likely N-dealkylation sites (tertiary alicyclic amines) is 1. The zero-order chi connectivity index (χ0) is 14.5. The number of carbonyl (C=O) groups excluding carboxylic acids is 1. The fourth-order valence-electron chi connectivity index (χ4n) is 2.67. The van der Waals surface area contributed by atoms with E-state index in [1.165, 1.54) is 32.7 Å². The molecule has 6 nitrogen and oxygen atoms in total. The van der Waals surface area contributed by atoms with Gasteiger partial charge in [0, 0.05) is 19.6 Å². The van der Waals surface area contributed by atoms with E-state index in [1.807, 2.05) is 7.05 Å². The molecule has 0 radical (unpaired) electrons. The molecule has 0 N–H and O–H groups in total. The average Bonchev–Trinajstić information content (AvgIpc) is 2.93. The molecule has 6 heteroatoms. The van der Waals surface area contributed by atoms with Crippen LogP contribution in [0.1, 0.15) is 30.3 Å². The highest BCUT2D eigenvalue weighted by Crippen LogP contribution is 2.19. The second-order valence-corrected chi connectivity index (χ2v) is 5.06. The van der Waals surface area contributed by atoms with Crippen molar-refractivity contribution in [2.45, 2.75) is 25.8 Å². The Hall–Kier alpha value is -1.69. The van der Waals surface area contributed by atoms with Gasteiger partial charge in [-0.2, -0.15) is 0 Å². The van der Waals surface area contributed by atoms with E-state index >= 15 is 0 Å². The normalized spacial score (nSPS) is 19.1. The van der Waals surface area contributed by atoms with Crippen molar-refractivity contribution in [2.24, 2.45) is 0 Å². The highest BCUT2D eigenvalue weighted by molar-refractivity contribution is 5.87. The van der Waals surface area contributed by atoms with Crippen LogP contribution < -0.4 is 4.90 Å². The predicted molar refractivity (Wildman–Crippen MR) is 76.9 cm³/mol. The minimum atomic E-state index is -0.455. The lowest BCUT2D eigenvalue weighted by molar-refractivity contribution is 0.0593.